The van der Waals surface area contributed by atoms with Crippen LogP contribution in [0.4, 0.5) is 5.69 Å². The SMILES string of the molecule is CC(C)(O)C(=O)Nc1ccc2oc(=O)[nH]c2c1. The summed E-state index contributed by atoms with van der Waals surface area (Å²) in [5, 5.41) is 12.0. The van der Waals surface area contributed by atoms with E-state index >= 15 is 0 Å². The summed E-state index contributed by atoms with van der Waals surface area (Å²) in [6.07, 6.45) is 0. The van der Waals surface area contributed by atoms with Gasteiger partial charge >= 0.3 is 5.76 Å². The van der Waals surface area contributed by atoms with Crippen molar-refractivity contribution in [1.29, 1.82) is 0 Å². The Morgan fingerprint density at radius 2 is 2.18 bits per heavy atom. The van der Waals surface area contributed by atoms with E-state index in [9.17, 15) is 14.7 Å². The number of benzene rings is 1. The molecule has 6 heteroatoms. The van der Waals surface area contributed by atoms with Gasteiger partial charge in [-0.15, -0.1) is 0 Å². The molecule has 0 spiro atoms. The average Bonchev–Trinajstić information content (AvgIpc) is 2.55. The van der Waals surface area contributed by atoms with Gasteiger partial charge in [0.2, 0.25) is 0 Å². The molecule has 6 nitrogen and oxygen atoms in total. The number of fused-ring (bicyclic) bond motifs is 1. The molecule has 90 valence electrons. The van der Waals surface area contributed by atoms with E-state index in [0.29, 0.717) is 16.8 Å². The van der Waals surface area contributed by atoms with Crippen molar-refractivity contribution >= 4 is 22.7 Å². The van der Waals surface area contributed by atoms with Crippen molar-refractivity contribution in [3.8, 4) is 0 Å². The third-order valence-corrected chi connectivity index (χ3v) is 2.23. The average molecular weight is 236 g/mol. The van der Waals surface area contributed by atoms with Crippen LogP contribution >= 0.6 is 0 Å². The van der Waals surface area contributed by atoms with Crippen LogP contribution in [-0.2, 0) is 4.79 Å². The van der Waals surface area contributed by atoms with Crippen molar-refractivity contribution in [3.63, 3.8) is 0 Å². The van der Waals surface area contributed by atoms with Gasteiger partial charge in [0.25, 0.3) is 5.91 Å². The molecule has 2 aromatic rings. The van der Waals surface area contributed by atoms with Gasteiger partial charge in [-0.05, 0) is 32.0 Å². The lowest BCUT2D eigenvalue weighted by Crippen LogP contribution is -2.36. The highest BCUT2D eigenvalue weighted by atomic mass is 16.4. The Balaban J connectivity index is 2.31. The van der Waals surface area contributed by atoms with Crippen LogP contribution < -0.4 is 11.1 Å². The predicted octanol–water partition coefficient (Wildman–Crippen LogP) is 0.831. The van der Waals surface area contributed by atoms with Gasteiger partial charge in [-0.2, -0.15) is 0 Å². The number of amides is 1. The van der Waals surface area contributed by atoms with Gasteiger partial charge in [0.15, 0.2) is 5.58 Å². The van der Waals surface area contributed by atoms with Gasteiger partial charge < -0.3 is 14.8 Å². The normalized spacial score (nSPS) is 11.7. The fourth-order valence-electron chi connectivity index (χ4n) is 1.31. The molecule has 0 fully saturated rings. The summed E-state index contributed by atoms with van der Waals surface area (Å²) in [6.45, 7) is 2.78. The molecule has 1 heterocycles. The summed E-state index contributed by atoms with van der Waals surface area (Å²) < 4.78 is 4.82. The first kappa shape index (κ1) is 11.4. The largest absolute Gasteiger partial charge is 0.417 e. The number of rotatable bonds is 2. The predicted molar refractivity (Wildman–Crippen MR) is 61.8 cm³/mol. The maximum Gasteiger partial charge on any atom is 0.417 e. The van der Waals surface area contributed by atoms with E-state index in [4.69, 9.17) is 4.42 Å². The Hall–Kier alpha value is -2.08. The van der Waals surface area contributed by atoms with Crippen molar-refractivity contribution in [1.82, 2.24) is 4.98 Å². The lowest BCUT2D eigenvalue weighted by Gasteiger charge is -2.16. The number of hydrogen-bond acceptors (Lipinski definition) is 4. The molecule has 1 aromatic heterocycles. The van der Waals surface area contributed by atoms with E-state index in [1.807, 2.05) is 0 Å². The van der Waals surface area contributed by atoms with Crippen LogP contribution in [0.5, 0.6) is 0 Å². The molecule has 3 N–H and O–H groups in total. The molecule has 2 rings (SSSR count). The van der Waals surface area contributed by atoms with E-state index in [-0.39, 0.29) is 0 Å². The Labute approximate surface area is 96.3 Å². The van der Waals surface area contributed by atoms with Gasteiger partial charge in [0.05, 0.1) is 5.52 Å². The second kappa shape index (κ2) is 3.74. The molecule has 0 unspecified atom stereocenters. The van der Waals surface area contributed by atoms with Crippen molar-refractivity contribution in [2.24, 2.45) is 0 Å². The summed E-state index contributed by atoms with van der Waals surface area (Å²) in [6, 6.07) is 4.71. The van der Waals surface area contributed by atoms with E-state index in [1.54, 1.807) is 18.2 Å². The zero-order chi connectivity index (χ0) is 12.6. The topological polar surface area (TPSA) is 95.3 Å². The first-order chi connectivity index (χ1) is 7.86. The summed E-state index contributed by atoms with van der Waals surface area (Å²) in [4.78, 5) is 24.9. The number of hydrogen-bond donors (Lipinski definition) is 3. The molecule has 0 saturated heterocycles. The quantitative estimate of drug-likeness (QED) is 0.719. The molecule has 1 amide bonds. The Kier molecular flexibility index (Phi) is 2.51. The van der Waals surface area contributed by atoms with Gasteiger partial charge in [0, 0.05) is 5.69 Å². The zero-order valence-electron chi connectivity index (χ0n) is 9.40. The smallest absolute Gasteiger partial charge is 0.408 e. The van der Waals surface area contributed by atoms with Crippen LogP contribution in [0.1, 0.15) is 13.8 Å². The van der Waals surface area contributed by atoms with E-state index in [1.165, 1.54) is 13.8 Å². The molecule has 0 saturated carbocycles. The molecule has 0 bridgehead atoms. The number of anilines is 1. The minimum atomic E-state index is -1.46. The maximum absolute atomic E-state index is 11.5. The molecule has 1 aromatic carbocycles. The zero-order valence-corrected chi connectivity index (χ0v) is 9.40. The number of carbonyl (C=O) groups excluding carboxylic acids is 1. The van der Waals surface area contributed by atoms with Gasteiger partial charge in [-0.1, -0.05) is 0 Å². The first-order valence-electron chi connectivity index (χ1n) is 5.03. The third kappa shape index (κ3) is 2.36. The summed E-state index contributed by atoms with van der Waals surface area (Å²) in [7, 11) is 0. The van der Waals surface area contributed by atoms with Crippen molar-refractivity contribution < 1.29 is 14.3 Å². The minimum Gasteiger partial charge on any atom is -0.408 e. The molecule has 0 aliphatic carbocycles. The Morgan fingerprint density at radius 3 is 2.82 bits per heavy atom. The molecule has 0 aliphatic rings. The van der Waals surface area contributed by atoms with Crippen LogP contribution in [-0.4, -0.2) is 21.6 Å². The lowest BCUT2D eigenvalue weighted by molar-refractivity contribution is -0.130. The Bertz CT molecular complexity index is 618. The van der Waals surface area contributed by atoms with Gasteiger partial charge in [-0.3, -0.25) is 9.78 Å². The lowest BCUT2D eigenvalue weighted by atomic mass is 10.1. The van der Waals surface area contributed by atoms with Crippen molar-refractivity contribution in [2.45, 2.75) is 19.4 Å². The van der Waals surface area contributed by atoms with Crippen LogP contribution in [0.15, 0.2) is 27.4 Å². The molecule has 0 aliphatic heterocycles. The van der Waals surface area contributed by atoms with E-state index in [0.717, 1.165) is 0 Å². The van der Waals surface area contributed by atoms with Crippen LogP contribution in [0.25, 0.3) is 11.1 Å². The highest BCUT2D eigenvalue weighted by molar-refractivity contribution is 5.97. The molecular formula is C11H12N2O4. The van der Waals surface area contributed by atoms with E-state index < -0.39 is 17.3 Å². The molecule has 0 atom stereocenters. The third-order valence-electron chi connectivity index (χ3n) is 2.23. The van der Waals surface area contributed by atoms with Crippen LogP contribution in [0.3, 0.4) is 0 Å². The second-order valence-corrected chi connectivity index (χ2v) is 4.24. The summed E-state index contributed by atoms with van der Waals surface area (Å²) in [5.74, 6) is -1.08. The molecule has 17 heavy (non-hydrogen) atoms. The number of aromatic amines is 1. The second-order valence-electron chi connectivity index (χ2n) is 4.24. The minimum absolute atomic E-state index is 0.413. The molecule has 0 radical (unpaired) electrons. The van der Waals surface area contributed by atoms with Gasteiger partial charge in [0.1, 0.15) is 5.60 Å². The number of aromatic nitrogens is 1. The maximum atomic E-state index is 11.5. The standard InChI is InChI=1S/C11H12N2O4/c1-11(2,16)9(14)12-6-3-4-8-7(5-6)13-10(15)17-8/h3-5,16H,1-2H3,(H,12,14)(H,13,15). The van der Waals surface area contributed by atoms with Crippen LogP contribution in [0, 0.1) is 0 Å². The fourth-order valence-corrected chi connectivity index (χ4v) is 1.31. The summed E-state index contributed by atoms with van der Waals surface area (Å²) >= 11 is 0. The molecular weight excluding hydrogens is 224 g/mol. The number of nitrogens with one attached hydrogen (secondary N) is 2. The monoisotopic (exact) mass is 236 g/mol. The first-order valence-corrected chi connectivity index (χ1v) is 5.03. The van der Waals surface area contributed by atoms with Gasteiger partial charge in [-0.25, -0.2) is 4.79 Å². The number of aliphatic hydroxyl groups is 1. The fraction of sp³-hybridized carbons (Fsp3) is 0.273. The van der Waals surface area contributed by atoms with Crippen LogP contribution in [0.2, 0.25) is 0 Å². The summed E-state index contributed by atoms with van der Waals surface area (Å²) in [5.41, 5.74) is -0.0832. The highest BCUT2D eigenvalue weighted by Crippen LogP contribution is 2.17. The number of oxazole rings is 1. The van der Waals surface area contributed by atoms with E-state index in [2.05, 4.69) is 10.3 Å². The van der Waals surface area contributed by atoms with Crippen molar-refractivity contribution in [3.05, 3.63) is 28.7 Å². The number of H-pyrrole nitrogens is 1. The number of carbonyl (C=O) groups is 1. The highest BCUT2D eigenvalue weighted by Gasteiger charge is 2.23. The Morgan fingerprint density at radius 1 is 1.47 bits per heavy atom. The van der Waals surface area contributed by atoms with Crippen molar-refractivity contribution in [2.75, 3.05) is 5.32 Å².